The Hall–Kier alpha value is -3.52. The van der Waals surface area contributed by atoms with Gasteiger partial charge in [-0.2, -0.15) is 5.10 Å². The molecule has 3 aromatic carbocycles. The van der Waals surface area contributed by atoms with Crippen molar-refractivity contribution in [1.82, 2.24) is 5.43 Å². The molecule has 3 rings (SSSR count). The summed E-state index contributed by atoms with van der Waals surface area (Å²) in [6.45, 7) is 0.244. The summed E-state index contributed by atoms with van der Waals surface area (Å²) in [5.74, 6) is 0.255. The zero-order valence-corrected chi connectivity index (χ0v) is 16.7. The number of carbonyl (C=O) groups excluding carboxylic acids is 1. The van der Waals surface area contributed by atoms with Gasteiger partial charge in [-0.3, -0.25) is 14.9 Å². The highest BCUT2D eigenvalue weighted by Gasteiger charge is 2.06. The number of nitrogens with one attached hydrogen (secondary N) is 1. The zero-order chi connectivity index (χ0) is 20.6. The van der Waals surface area contributed by atoms with Crippen LogP contribution in [0.3, 0.4) is 0 Å². The number of ether oxygens (including phenoxy) is 1. The van der Waals surface area contributed by atoms with Crippen molar-refractivity contribution in [2.45, 2.75) is 6.61 Å². The van der Waals surface area contributed by atoms with E-state index in [-0.39, 0.29) is 18.2 Å². The molecule has 29 heavy (non-hydrogen) atoms. The van der Waals surface area contributed by atoms with Crippen molar-refractivity contribution < 1.29 is 14.5 Å². The Morgan fingerprint density at radius 2 is 1.76 bits per heavy atom. The van der Waals surface area contributed by atoms with Crippen LogP contribution in [0.5, 0.6) is 5.75 Å². The molecular weight excluding hydrogens is 438 g/mol. The predicted molar refractivity (Wildman–Crippen MR) is 113 cm³/mol. The van der Waals surface area contributed by atoms with Crippen molar-refractivity contribution in [3.63, 3.8) is 0 Å². The van der Waals surface area contributed by atoms with E-state index in [1.807, 2.05) is 12.1 Å². The fourth-order valence-corrected chi connectivity index (χ4v) is 2.68. The number of nitro groups is 1. The minimum atomic E-state index is -0.445. The van der Waals surface area contributed by atoms with Crippen molar-refractivity contribution in [2.24, 2.45) is 5.10 Å². The van der Waals surface area contributed by atoms with Crippen LogP contribution in [0.4, 0.5) is 5.69 Å². The van der Waals surface area contributed by atoms with Crippen LogP contribution in [-0.2, 0) is 6.61 Å². The summed E-state index contributed by atoms with van der Waals surface area (Å²) in [5, 5.41) is 14.7. The maximum atomic E-state index is 12.1. The number of hydrogen-bond acceptors (Lipinski definition) is 5. The van der Waals surface area contributed by atoms with Crippen LogP contribution in [-0.4, -0.2) is 17.0 Å². The molecule has 0 saturated heterocycles. The van der Waals surface area contributed by atoms with Crippen LogP contribution in [0, 0.1) is 10.1 Å². The molecule has 0 aromatic heterocycles. The molecule has 0 aliphatic heterocycles. The van der Waals surface area contributed by atoms with Gasteiger partial charge in [-0.05, 0) is 54.1 Å². The van der Waals surface area contributed by atoms with E-state index in [1.54, 1.807) is 48.5 Å². The largest absolute Gasteiger partial charge is 0.488 e. The summed E-state index contributed by atoms with van der Waals surface area (Å²) in [7, 11) is 0. The van der Waals surface area contributed by atoms with Gasteiger partial charge in [-0.25, -0.2) is 5.43 Å². The number of nitro benzene ring substituents is 1. The van der Waals surface area contributed by atoms with Gasteiger partial charge in [0.25, 0.3) is 11.6 Å². The summed E-state index contributed by atoms with van der Waals surface area (Å²) in [4.78, 5) is 22.4. The van der Waals surface area contributed by atoms with Crippen LogP contribution in [0.1, 0.15) is 21.5 Å². The molecule has 1 N–H and O–H groups in total. The average molecular weight is 454 g/mol. The van der Waals surface area contributed by atoms with E-state index in [0.717, 1.165) is 10.0 Å². The summed E-state index contributed by atoms with van der Waals surface area (Å²) in [6, 6.07) is 20.3. The summed E-state index contributed by atoms with van der Waals surface area (Å²) < 4.78 is 6.69. The first-order chi connectivity index (χ1) is 14.0. The number of hydrazone groups is 1. The van der Waals surface area contributed by atoms with Gasteiger partial charge in [0, 0.05) is 27.7 Å². The molecule has 3 aromatic rings. The smallest absolute Gasteiger partial charge is 0.271 e. The molecule has 7 nitrogen and oxygen atoms in total. The molecule has 0 radical (unpaired) electrons. The molecule has 0 unspecified atom stereocenters. The van der Waals surface area contributed by atoms with E-state index in [9.17, 15) is 14.9 Å². The monoisotopic (exact) mass is 453 g/mol. The lowest BCUT2D eigenvalue weighted by atomic mass is 10.2. The minimum absolute atomic E-state index is 0.0304. The molecule has 146 valence electrons. The molecular formula is C21H16BrN3O4. The minimum Gasteiger partial charge on any atom is -0.488 e. The topological polar surface area (TPSA) is 93.8 Å². The number of para-hydroxylation sites is 1. The Morgan fingerprint density at radius 1 is 1.07 bits per heavy atom. The highest BCUT2D eigenvalue weighted by atomic mass is 79.9. The molecule has 0 aliphatic carbocycles. The fourth-order valence-electron chi connectivity index (χ4n) is 2.42. The van der Waals surface area contributed by atoms with E-state index in [2.05, 4.69) is 26.5 Å². The number of halogens is 1. The van der Waals surface area contributed by atoms with E-state index in [0.29, 0.717) is 16.9 Å². The number of amides is 1. The van der Waals surface area contributed by atoms with Crippen LogP contribution < -0.4 is 10.2 Å². The number of nitrogens with zero attached hydrogens (tertiary/aromatic N) is 2. The lowest BCUT2D eigenvalue weighted by molar-refractivity contribution is -0.384. The van der Waals surface area contributed by atoms with E-state index in [4.69, 9.17) is 4.74 Å². The first-order valence-electron chi connectivity index (χ1n) is 8.57. The van der Waals surface area contributed by atoms with Gasteiger partial charge in [0.05, 0.1) is 11.1 Å². The fraction of sp³-hybridized carbons (Fsp3) is 0.0476. The maximum absolute atomic E-state index is 12.1. The second kappa shape index (κ2) is 9.61. The zero-order valence-electron chi connectivity index (χ0n) is 15.1. The first-order valence-corrected chi connectivity index (χ1v) is 9.36. The Kier molecular flexibility index (Phi) is 6.70. The van der Waals surface area contributed by atoms with Crippen molar-refractivity contribution in [3.8, 4) is 5.75 Å². The third-order valence-corrected chi connectivity index (χ3v) is 4.47. The summed E-state index contributed by atoms with van der Waals surface area (Å²) in [6.07, 6.45) is 1.50. The third-order valence-electron chi connectivity index (χ3n) is 3.94. The molecule has 0 fully saturated rings. The number of non-ortho nitro benzene ring substituents is 1. The molecule has 0 bridgehead atoms. The summed E-state index contributed by atoms with van der Waals surface area (Å²) >= 11 is 3.32. The van der Waals surface area contributed by atoms with Gasteiger partial charge in [0.15, 0.2) is 0 Å². The van der Waals surface area contributed by atoms with Gasteiger partial charge in [-0.1, -0.05) is 28.1 Å². The van der Waals surface area contributed by atoms with Gasteiger partial charge >= 0.3 is 0 Å². The quantitative estimate of drug-likeness (QED) is 0.318. The predicted octanol–water partition coefficient (Wildman–Crippen LogP) is 4.70. The van der Waals surface area contributed by atoms with Crippen LogP contribution in [0.2, 0.25) is 0 Å². The maximum Gasteiger partial charge on any atom is 0.271 e. The SMILES string of the molecule is O=C(N/N=C\c1ccccc1OCc1ccc([N+](=O)[O-])cc1)c1ccc(Br)cc1. The first kappa shape index (κ1) is 20.2. The Labute approximate surface area is 175 Å². The van der Waals surface area contributed by atoms with Crippen molar-refractivity contribution in [2.75, 3.05) is 0 Å². The van der Waals surface area contributed by atoms with Crippen LogP contribution >= 0.6 is 15.9 Å². The number of rotatable bonds is 7. The molecule has 8 heteroatoms. The highest BCUT2D eigenvalue weighted by molar-refractivity contribution is 9.10. The third kappa shape index (κ3) is 5.73. The number of carbonyl (C=O) groups is 1. The van der Waals surface area contributed by atoms with Gasteiger partial charge < -0.3 is 4.74 Å². The standard InChI is InChI=1S/C21H16BrN3O4/c22-18-9-7-16(8-10-18)21(26)24-23-13-17-3-1-2-4-20(17)29-14-15-5-11-19(12-6-15)25(27)28/h1-13H,14H2,(H,24,26)/b23-13-. The molecule has 0 saturated carbocycles. The second-order valence-electron chi connectivity index (χ2n) is 5.96. The van der Waals surface area contributed by atoms with E-state index < -0.39 is 4.92 Å². The van der Waals surface area contributed by atoms with Crippen molar-refractivity contribution >= 4 is 33.7 Å². The normalized spacial score (nSPS) is 10.7. The molecule has 1 amide bonds. The van der Waals surface area contributed by atoms with Gasteiger partial charge in [0.2, 0.25) is 0 Å². The Morgan fingerprint density at radius 3 is 2.45 bits per heavy atom. The van der Waals surface area contributed by atoms with Crippen LogP contribution in [0.25, 0.3) is 0 Å². The Balaban J connectivity index is 1.62. The molecule has 0 heterocycles. The highest BCUT2D eigenvalue weighted by Crippen LogP contribution is 2.19. The van der Waals surface area contributed by atoms with Gasteiger partial charge in [0.1, 0.15) is 12.4 Å². The van der Waals surface area contributed by atoms with Crippen molar-refractivity contribution in [1.29, 1.82) is 0 Å². The van der Waals surface area contributed by atoms with Crippen molar-refractivity contribution in [3.05, 3.63) is 104 Å². The summed E-state index contributed by atoms with van der Waals surface area (Å²) in [5.41, 5.74) is 4.49. The lowest BCUT2D eigenvalue weighted by Gasteiger charge is -2.09. The van der Waals surface area contributed by atoms with E-state index >= 15 is 0 Å². The molecule has 0 aliphatic rings. The lowest BCUT2D eigenvalue weighted by Crippen LogP contribution is -2.17. The second-order valence-corrected chi connectivity index (χ2v) is 6.87. The molecule has 0 atom stereocenters. The number of benzene rings is 3. The molecule has 0 spiro atoms. The van der Waals surface area contributed by atoms with Gasteiger partial charge in [-0.15, -0.1) is 0 Å². The van der Waals surface area contributed by atoms with E-state index in [1.165, 1.54) is 18.3 Å². The van der Waals surface area contributed by atoms with Crippen LogP contribution in [0.15, 0.2) is 82.4 Å². The number of hydrogen-bond donors (Lipinski definition) is 1. The average Bonchev–Trinajstić information content (AvgIpc) is 2.73. The Bertz CT molecular complexity index is 1030.